The maximum absolute atomic E-state index is 12.3. The molecule has 4 rings (SSSR count). The molecule has 0 unspecified atom stereocenters. The van der Waals surface area contributed by atoms with Crippen molar-refractivity contribution in [1.29, 1.82) is 0 Å². The fourth-order valence-electron chi connectivity index (χ4n) is 4.07. The summed E-state index contributed by atoms with van der Waals surface area (Å²) in [6.07, 6.45) is 5.05. The number of pyridine rings is 2. The number of hydrogen-bond donors (Lipinski definition) is 2. The Kier molecular flexibility index (Phi) is 8.76. The fraction of sp³-hybridized carbons (Fsp3) is 0.296. The Morgan fingerprint density at radius 2 is 1.74 bits per heavy atom. The molecule has 0 spiro atoms. The molecule has 0 aliphatic carbocycles. The third-order valence-electron chi connectivity index (χ3n) is 6.01. The molecule has 0 saturated heterocycles. The number of nitrogens with zero attached hydrogens (tertiary/aromatic N) is 4. The number of para-hydroxylation sites is 1. The molecular formula is C27H32N6OS. The Morgan fingerprint density at radius 3 is 2.43 bits per heavy atom. The summed E-state index contributed by atoms with van der Waals surface area (Å²) >= 11 is 0. The first-order valence-electron chi connectivity index (χ1n) is 11.7. The zero-order chi connectivity index (χ0) is 24.1. The molecule has 0 aliphatic rings. The van der Waals surface area contributed by atoms with Crippen LogP contribution in [-0.2, 0) is 12.8 Å². The van der Waals surface area contributed by atoms with E-state index in [1.165, 1.54) is 0 Å². The van der Waals surface area contributed by atoms with Gasteiger partial charge in [0.2, 0.25) is 0 Å². The molecule has 1 aromatic carbocycles. The highest BCUT2D eigenvalue weighted by Crippen LogP contribution is 2.27. The molecule has 7 nitrogen and oxygen atoms in total. The maximum atomic E-state index is 12.3. The van der Waals surface area contributed by atoms with Gasteiger partial charge in [-0.2, -0.15) is 13.5 Å². The number of anilines is 1. The van der Waals surface area contributed by atoms with Crippen molar-refractivity contribution in [3.63, 3.8) is 0 Å². The first-order chi connectivity index (χ1) is 16.5. The topological polar surface area (TPSA) is 92.7 Å². The van der Waals surface area contributed by atoms with E-state index in [-0.39, 0.29) is 25.3 Å². The lowest BCUT2D eigenvalue weighted by molar-refractivity contribution is 0.0964. The molecular weight excluding hydrogens is 456 g/mol. The van der Waals surface area contributed by atoms with Gasteiger partial charge in [0.05, 0.1) is 16.8 Å². The van der Waals surface area contributed by atoms with E-state index in [9.17, 15) is 4.79 Å². The first-order valence-corrected chi connectivity index (χ1v) is 11.7. The van der Waals surface area contributed by atoms with Gasteiger partial charge in [-0.05, 0) is 36.6 Å². The van der Waals surface area contributed by atoms with Crippen molar-refractivity contribution >= 4 is 36.1 Å². The maximum Gasteiger partial charge on any atom is 0.251 e. The smallest absolute Gasteiger partial charge is 0.251 e. The van der Waals surface area contributed by atoms with E-state index in [2.05, 4.69) is 69.5 Å². The number of aryl methyl sites for hydroxylation is 2. The Labute approximate surface area is 213 Å². The van der Waals surface area contributed by atoms with Crippen LogP contribution in [0.25, 0.3) is 22.2 Å². The van der Waals surface area contributed by atoms with Crippen molar-refractivity contribution in [1.82, 2.24) is 25.3 Å². The number of carbonyl (C=O) groups excluding carboxylic acids is 1. The molecule has 4 aromatic rings. The molecule has 0 aliphatic heterocycles. The number of aromatic nitrogens is 4. The summed E-state index contributed by atoms with van der Waals surface area (Å²) in [6, 6.07) is 13.9. The molecule has 1 amide bonds. The van der Waals surface area contributed by atoms with Crippen molar-refractivity contribution < 1.29 is 4.79 Å². The lowest BCUT2D eigenvalue weighted by Gasteiger charge is -2.16. The second-order valence-corrected chi connectivity index (χ2v) is 8.30. The fourth-order valence-corrected chi connectivity index (χ4v) is 4.07. The van der Waals surface area contributed by atoms with E-state index in [0.29, 0.717) is 12.1 Å². The Hall–Kier alpha value is -3.52. The summed E-state index contributed by atoms with van der Waals surface area (Å²) in [5, 5.41) is 7.01. The van der Waals surface area contributed by atoms with Gasteiger partial charge in [0.25, 0.3) is 5.91 Å². The van der Waals surface area contributed by atoms with Crippen molar-refractivity contribution in [2.75, 3.05) is 18.9 Å². The van der Waals surface area contributed by atoms with Crippen molar-refractivity contribution in [3.05, 3.63) is 77.5 Å². The molecule has 0 saturated carbocycles. The summed E-state index contributed by atoms with van der Waals surface area (Å²) in [4.78, 5) is 30.4. The average Bonchev–Trinajstić information content (AvgIpc) is 2.90. The molecule has 0 fully saturated rings. The van der Waals surface area contributed by atoms with Crippen molar-refractivity contribution in [2.45, 2.75) is 39.5 Å². The summed E-state index contributed by atoms with van der Waals surface area (Å²) < 4.78 is 0. The summed E-state index contributed by atoms with van der Waals surface area (Å²) in [7, 11) is 1.64. The van der Waals surface area contributed by atoms with Gasteiger partial charge in [-0.3, -0.25) is 14.8 Å². The minimum atomic E-state index is -0.114. The molecule has 0 radical (unpaired) electrons. The molecule has 182 valence electrons. The van der Waals surface area contributed by atoms with Gasteiger partial charge in [0.1, 0.15) is 12.1 Å². The Bertz CT molecular complexity index is 1300. The number of nitrogens with one attached hydrogen (secondary N) is 2. The van der Waals surface area contributed by atoms with Gasteiger partial charge in [-0.1, -0.05) is 39.0 Å². The summed E-state index contributed by atoms with van der Waals surface area (Å²) in [6.45, 7) is 7.03. The highest BCUT2D eigenvalue weighted by Gasteiger charge is 2.15. The van der Waals surface area contributed by atoms with Crippen molar-refractivity contribution in [3.8, 4) is 11.3 Å². The normalized spacial score (nSPS) is 11.5. The van der Waals surface area contributed by atoms with Gasteiger partial charge in [-0.15, -0.1) is 0 Å². The minimum absolute atomic E-state index is 0. The molecule has 3 heterocycles. The second-order valence-electron chi connectivity index (χ2n) is 8.30. The lowest BCUT2D eigenvalue weighted by Crippen LogP contribution is -2.18. The standard InChI is InChI=1S/C27H30N6O.H2S/c1-5-19-12-18(13-20(6-2)33-19)24-14-25(32-16-31-24)30-15-17(3)21-8-7-9-22-23(27(34)28-4)10-11-29-26(21)22;/h7-14,16-17H,5-6,15H2,1-4H3,(H,28,34)(H,30,31,32);1H2/t17-;/m1./s1. The van der Waals surface area contributed by atoms with Crippen LogP contribution >= 0.6 is 13.5 Å². The highest BCUT2D eigenvalue weighted by molar-refractivity contribution is 7.59. The largest absolute Gasteiger partial charge is 0.369 e. The number of carbonyl (C=O) groups is 1. The zero-order valence-electron chi connectivity index (χ0n) is 20.6. The van der Waals surface area contributed by atoms with Gasteiger partial charge < -0.3 is 10.6 Å². The molecule has 1 atom stereocenters. The minimum Gasteiger partial charge on any atom is -0.369 e. The van der Waals surface area contributed by atoms with E-state index < -0.39 is 0 Å². The number of amides is 1. The van der Waals surface area contributed by atoms with Crippen LogP contribution in [0, 0.1) is 0 Å². The predicted molar refractivity (Wildman–Crippen MR) is 146 cm³/mol. The van der Waals surface area contributed by atoms with Crippen LogP contribution in [0.15, 0.2) is 55.0 Å². The van der Waals surface area contributed by atoms with Gasteiger partial charge >= 0.3 is 0 Å². The summed E-state index contributed by atoms with van der Waals surface area (Å²) in [5.74, 6) is 0.801. The van der Waals surface area contributed by atoms with E-state index >= 15 is 0 Å². The van der Waals surface area contributed by atoms with E-state index in [1.54, 1.807) is 25.6 Å². The van der Waals surface area contributed by atoms with Crippen molar-refractivity contribution in [2.24, 2.45) is 0 Å². The molecule has 8 heteroatoms. The average molecular weight is 489 g/mol. The first kappa shape index (κ1) is 26.1. The van der Waals surface area contributed by atoms with Crippen LogP contribution in [0.1, 0.15) is 54.0 Å². The van der Waals surface area contributed by atoms with Crippen LogP contribution in [0.5, 0.6) is 0 Å². The van der Waals surface area contributed by atoms with Crippen LogP contribution in [0.4, 0.5) is 5.82 Å². The quantitative estimate of drug-likeness (QED) is 0.366. The SMILES string of the molecule is CCc1cc(-c2cc(NC[C@@H](C)c3cccc4c(C(=O)NC)ccnc34)ncn2)cc(CC)n1.S. The predicted octanol–water partition coefficient (Wildman–Crippen LogP) is 4.90. The Balaban J connectivity index is 0.00000342. The lowest BCUT2D eigenvalue weighted by atomic mass is 9.96. The summed E-state index contributed by atoms with van der Waals surface area (Å²) in [5.41, 5.74) is 6.62. The van der Waals surface area contributed by atoms with Gasteiger partial charge in [-0.25, -0.2) is 9.97 Å². The van der Waals surface area contributed by atoms with Crippen LogP contribution in [0.3, 0.4) is 0 Å². The third kappa shape index (κ3) is 5.77. The van der Waals surface area contributed by atoms with Gasteiger partial charge in [0.15, 0.2) is 0 Å². The zero-order valence-corrected chi connectivity index (χ0v) is 21.6. The third-order valence-corrected chi connectivity index (χ3v) is 6.01. The number of hydrogen-bond acceptors (Lipinski definition) is 6. The van der Waals surface area contributed by atoms with Gasteiger partial charge in [0, 0.05) is 54.1 Å². The van der Waals surface area contributed by atoms with Crippen LogP contribution in [-0.4, -0.2) is 39.4 Å². The molecule has 0 bridgehead atoms. The van der Waals surface area contributed by atoms with E-state index in [4.69, 9.17) is 0 Å². The second kappa shape index (κ2) is 11.8. The highest BCUT2D eigenvalue weighted by atomic mass is 32.1. The molecule has 3 aromatic heterocycles. The number of rotatable bonds is 8. The van der Waals surface area contributed by atoms with Crippen LogP contribution in [0.2, 0.25) is 0 Å². The molecule has 2 N–H and O–H groups in total. The monoisotopic (exact) mass is 488 g/mol. The van der Waals surface area contributed by atoms with E-state index in [1.807, 2.05) is 18.2 Å². The van der Waals surface area contributed by atoms with Crippen LogP contribution < -0.4 is 10.6 Å². The molecule has 35 heavy (non-hydrogen) atoms. The Morgan fingerprint density at radius 1 is 1.00 bits per heavy atom. The van der Waals surface area contributed by atoms with E-state index in [0.717, 1.165) is 57.8 Å². The number of fused-ring (bicyclic) bond motifs is 1. The number of benzene rings is 1.